The van der Waals surface area contributed by atoms with Crippen LogP contribution in [0.5, 0.6) is 0 Å². The van der Waals surface area contributed by atoms with Crippen molar-refractivity contribution in [3.8, 4) is 22.6 Å². The summed E-state index contributed by atoms with van der Waals surface area (Å²) in [7, 11) is 0. The summed E-state index contributed by atoms with van der Waals surface area (Å²) in [5.74, 6) is 0.965. The summed E-state index contributed by atoms with van der Waals surface area (Å²) in [6, 6.07) is 9.66. The van der Waals surface area contributed by atoms with Gasteiger partial charge in [0.2, 0.25) is 5.95 Å². The van der Waals surface area contributed by atoms with Crippen LogP contribution >= 0.6 is 0 Å². The molecule has 0 saturated carbocycles. The van der Waals surface area contributed by atoms with E-state index in [0.717, 1.165) is 52.3 Å². The van der Waals surface area contributed by atoms with Crippen molar-refractivity contribution in [3.63, 3.8) is 0 Å². The number of aromatic nitrogens is 2. The number of anilines is 1. The lowest BCUT2D eigenvalue weighted by molar-refractivity contribution is 0.318. The van der Waals surface area contributed by atoms with Crippen molar-refractivity contribution < 1.29 is 9.62 Å². The molecule has 0 saturated heterocycles. The molecule has 0 radical (unpaired) electrons. The van der Waals surface area contributed by atoms with Gasteiger partial charge in [0, 0.05) is 22.9 Å². The largest absolute Gasteiger partial charge is 0.464 e. The highest BCUT2D eigenvalue weighted by atomic mass is 16.4. The predicted molar refractivity (Wildman–Crippen MR) is 86.2 cm³/mol. The monoisotopic (exact) mass is 306 g/mol. The van der Waals surface area contributed by atoms with E-state index >= 15 is 0 Å². The molecule has 114 valence electrons. The normalized spacial score (nSPS) is 15.0. The Labute approximate surface area is 132 Å². The van der Waals surface area contributed by atoms with E-state index in [4.69, 9.17) is 15.4 Å². The van der Waals surface area contributed by atoms with Crippen LogP contribution in [-0.4, -0.2) is 20.9 Å². The number of benzene rings is 1. The van der Waals surface area contributed by atoms with Gasteiger partial charge in [-0.1, -0.05) is 17.3 Å². The summed E-state index contributed by atoms with van der Waals surface area (Å²) in [5.41, 5.74) is 11.1. The second-order valence-corrected chi connectivity index (χ2v) is 5.38. The molecule has 6 heteroatoms. The molecule has 0 unspecified atom stereocenters. The summed E-state index contributed by atoms with van der Waals surface area (Å²) >= 11 is 0. The van der Waals surface area contributed by atoms with Crippen LogP contribution in [0.1, 0.15) is 17.5 Å². The third-order valence-electron chi connectivity index (χ3n) is 4.05. The number of aryl methyl sites for hydroxylation is 1. The van der Waals surface area contributed by atoms with Gasteiger partial charge in [-0.2, -0.15) is 0 Å². The minimum Gasteiger partial charge on any atom is -0.464 e. The van der Waals surface area contributed by atoms with Crippen LogP contribution in [0.15, 0.2) is 52.4 Å². The first kappa shape index (κ1) is 13.5. The Bertz CT molecular complexity index is 914. The molecule has 0 atom stereocenters. The van der Waals surface area contributed by atoms with E-state index in [2.05, 4.69) is 21.2 Å². The second-order valence-electron chi connectivity index (χ2n) is 5.38. The van der Waals surface area contributed by atoms with Crippen LogP contribution in [0.3, 0.4) is 0 Å². The highest BCUT2D eigenvalue weighted by molar-refractivity contribution is 6.04. The van der Waals surface area contributed by atoms with Gasteiger partial charge >= 0.3 is 0 Å². The van der Waals surface area contributed by atoms with Gasteiger partial charge in [0.1, 0.15) is 5.76 Å². The number of oxime groups is 1. The molecule has 0 aliphatic heterocycles. The van der Waals surface area contributed by atoms with E-state index in [1.807, 2.05) is 18.2 Å². The van der Waals surface area contributed by atoms with Crippen molar-refractivity contribution in [2.24, 2.45) is 5.16 Å². The maximum Gasteiger partial charge on any atom is 0.220 e. The van der Waals surface area contributed by atoms with Crippen LogP contribution < -0.4 is 5.73 Å². The highest BCUT2D eigenvalue weighted by Gasteiger charge is 2.20. The lowest BCUT2D eigenvalue weighted by Gasteiger charge is -2.06. The zero-order valence-electron chi connectivity index (χ0n) is 12.2. The lowest BCUT2D eigenvalue weighted by Crippen LogP contribution is -1.95. The molecule has 0 spiro atoms. The van der Waals surface area contributed by atoms with Gasteiger partial charge in [-0.15, -0.1) is 0 Å². The Balaban J connectivity index is 1.80. The molecule has 3 N–H and O–H groups in total. The first-order valence-electron chi connectivity index (χ1n) is 7.27. The number of nitrogens with zero attached hydrogens (tertiary/aromatic N) is 3. The van der Waals surface area contributed by atoms with E-state index in [0.29, 0.717) is 0 Å². The molecule has 6 nitrogen and oxygen atoms in total. The number of rotatable bonds is 2. The van der Waals surface area contributed by atoms with Crippen molar-refractivity contribution >= 4 is 11.7 Å². The molecule has 4 rings (SSSR count). The second kappa shape index (κ2) is 5.24. The Morgan fingerprint density at radius 1 is 1.13 bits per heavy atom. The van der Waals surface area contributed by atoms with E-state index in [9.17, 15) is 0 Å². The zero-order chi connectivity index (χ0) is 15.8. The molecule has 0 bridgehead atoms. The first-order chi connectivity index (χ1) is 11.3. The Kier molecular flexibility index (Phi) is 3.08. The van der Waals surface area contributed by atoms with Gasteiger partial charge in [-0.05, 0) is 36.6 Å². The van der Waals surface area contributed by atoms with Crippen molar-refractivity contribution in [2.75, 3.05) is 5.73 Å². The third-order valence-corrected chi connectivity index (χ3v) is 4.05. The van der Waals surface area contributed by atoms with Crippen LogP contribution in [0.4, 0.5) is 5.95 Å². The van der Waals surface area contributed by atoms with Gasteiger partial charge < -0.3 is 15.4 Å². The van der Waals surface area contributed by atoms with Crippen molar-refractivity contribution in [1.82, 2.24) is 9.97 Å². The van der Waals surface area contributed by atoms with Gasteiger partial charge in [-0.3, -0.25) is 0 Å². The molecule has 1 aromatic carbocycles. The van der Waals surface area contributed by atoms with Crippen LogP contribution in [-0.2, 0) is 6.42 Å². The number of hydrogen-bond acceptors (Lipinski definition) is 6. The molecule has 0 amide bonds. The summed E-state index contributed by atoms with van der Waals surface area (Å²) in [6.07, 6.45) is 4.87. The maximum atomic E-state index is 9.03. The minimum atomic E-state index is 0.229. The maximum absolute atomic E-state index is 9.03. The van der Waals surface area contributed by atoms with E-state index < -0.39 is 0 Å². The van der Waals surface area contributed by atoms with Crippen molar-refractivity contribution in [2.45, 2.75) is 12.8 Å². The smallest absolute Gasteiger partial charge is 0.220 e. The minimum absolute atomic E-state index is 0.229. The number of hydrogen-bond donors (Lipinski definition) is 2. The van der Waals surface area contributed by atoms with Crippen LogP contribution in [0, 0.1) is 0 Å². The first-order valence-corrected chi connectivity index (χ1v) is 7.27. The molecule has 3 aromatic rings. The van der Waals surface area contributed by atoms with E-state index in [1.54, 1.807) is 18.5 Å². The molecule has 1 aliphatic carbocycles. The number of fused-ring (bicyclic) bond motifs is 1. The molecule has 2 heterocycles. The number of nitrogen functional groups attached to an aromatic ring is 1. The van der Waals surface area contributed by atoms with Gasteiger partial charge in [0.05, 0.1) is 17.7 Å². The summed E-state index contributed by atoms with van der Waals surface area (Å²) in [6.45, 7) is 0. The summed E-state index contributed by atoms with van der Waals surface area (Å²) in [4.78, 5) is 8.17. The van der Waals surface area contributed by atoms with Crippen molar-refractivity contribution in [3.05, 3.63) is 53.9 Å². The quantitative estimate of drug-likeness (QED) is 0.560. The Hall–Kier alpha value is -3.15. The predicted octanol–water partition coefficient (Wildman–Crippen LogP) is 3.11. The standard InChI is InChI=1S/C17H14N4O2/c18-17-19-7-5-14(20-17)13-6-8-23-16(13)11-1-3-12-10(9-11)2-4-15(12)21-22/h1,3,5-9,22H,2,4H2,(H2,18,19,20)/b21-15+. The van der Waals surface area contributed by atoms with Crippen molar-refractivity contribution in [1.29, 1.82) is 0 Å². The molecular formula is C17H14N4O2. The summed E-state index contributed by atoms with van der Waals surface area (Å²) < 4.78 is 5.68. The van der Waals surface area contributed by atoms with E-state index in [-0.39, 0.29) is 5.95 Å². The Morgan fingerprint density at radius 2 is 2.04 bits per heavy atom. The SMILES string of the molecule is Nc1nccc(-c2ccoc2-c2ccc3c(c2)CC/C3=N\O)n1. The van der Waals surface area contributed by atoms with E-state index in [1.165, 1.54) is 0 Å². The topological polar surface area (TPSA) is 97.5 Å². The van der Waals surface area contributed by atoms with Gasteiger partial charge in [0.15, 0.2) is 0 Å². The lowest BCUT2D eigenvalue weighted by atomic mass is 10.0. The highest BCUT2D eigenvalue weighted by Crippen LogP contribution is 2.35. The molecule has 1 aliphatic rings. The fourth-order valence-electron chi connectivity index (χ4n) is 2.97. The van der Waals surface area contributed by atoms with Crippen LogP contribution in [0.2, 0.25) is 0 Å². The van der Waals surface area contributed by atoms with Gasteiger partial charge in [0.25, 0.3) is 0 Å². The fraction of sp³-hybridized carbons (Fsp3) is 0.118. The molecular weight excluding hydrogens is 292 g/mol. The zero-order valence-corrected chi connectivity index (χ0v) is 12.2. The third kappa shape index (κ3) is 2.24. The van der Waals surface area contributed by atoms with Crippen LogP contribution in [0.25, 0.3) is 22.6 Å². The van der Waals surface area contributed by atoms with Gasteiger partial charge in [-0.25, -0.2) is 9.97 Å². The molecule has 0 fully saturated rings. The average molecular weight is 306 g/mol. The number of furan rings is 1. The number of nitrogens with two attached hydrogens (primary N) is 1. The Morgan fingerprint density at radius 3 is 2.87 bits per heavy atom. The fourth-order valence-corrected chi connectivity index (χ4v) is 2.97. The summed E-state index contributed by atoms with van der Waals surface area (Å²) in [5, 5.41) is 12.4. The molecule has 2 aromatic heterocycles. The average Bonchev–Trinajstić information content (AvgIpc) is 3.21. The molecule has 23 heavy (non-hydrogen) atoms.